The Morgan fingerprint density at radius 3 is 2.74 bits per heavy atom. The van der Waals surface area contributed by atoms with Crippen molar-refractivity contribution in [2.45, 2.75) is 58.1 Å². The van der Waals surface area contributed by atoms with E-state index >= 15 is 0 Å². The second kappa shape index (κ2) is 6.91. The highest BCUT2D eigenvalue weighted by molar-refractivity contribution is 5.09. The molecule has 0 bridgehead atoms. The van der Waals surface area contributed by atoms with Crippen LogP contribution in [0.25, 0.3) is 0 Å². The molecule has 0 radical (unpaired) electrons. The van der Waals surface area contributed by atoms with Crippen LogP contribution in [0, 0.1) is 11.8 Å². The first-order chi connectivity index (χ1) is 11.0. The highest BCUT2D eigenvalue weighted by Gasteiger charge is 2.45. The van der Waals surface area contributed by atoms with Crippen LogP contribution in [0.2, 0.25) is 0 Å². The average Bonchev–Trinajstić information content (AvgIpc) is 3.01. The van der Waals surface area contributed by atoms with E-state index in [0.29, 0.717) is 11.8 Å². The topological polar surface area (TPSA) is 58.7 Å². The lowest BCUT2D eigenvalue weighted by molar-refractivity contribution is -0.132. The Bertz CT molecular complexity index is 510. The molecule has 5 nitrogen and oxygen atoms in total. The fraction of sp³-hybridized carbons (Fsp3) is 0.833. The lowest BCUT2D eigenvalue weighted by atomic mass is 9.70. The number of aliphatic hydroxyl groups is 1. The maximum atomic E-state index is 11.2. The summed E-state index contributed by atoms with van der Waals surface area (Å²) >= 11 is 0. The molecule has 2 aliphatic heterocycles. The number of rotatable bonds is 4. The first kappa shape index (κ1) is 16.9. The molecule has 2 saturated heterocycles. The predicted molar refractivity (Wildman–Crippen MR) is 88.1 cm³/mol. The summed E-state index contributed by atoms with van der Waals surface area (Å²) in [5.74, 6) is 1.97. The highest BCUT2D eigenvalue weighted by atomic mass is 16.5. The molecule has 3 heterocycles. The molecule has 0 amide bonds. The van der Waals surface area contributed by atoms with Crippen molar-refractivity contribution in [3.63, 3.8) is 0 Å². The minimum Gasteiger partial charge on any atom is -0.389 e. The van der Waals surface area contributed by atoms with Gasteiger partial charge in [-0.25, -0.2) is 0 Å². The number of nitrogens with zero attached hydrogens (tertiary/aromatic N) is 2. The number of ether oxygens (including phenoxy) is 1. The molecule has 0 aliphatic carbocycles. The van der Waals surface area contributed by atoms with Gasteiger partial charge in [0.25, 0.3) is 0 Å². The summed E-state index contributed by atoms with van der Waals surface area (Å²) in [6, 6.07) is 2.06. The van der Waals surface area contributed by atoms with Gasteiger partial charge in [0.15, 0.2) is 5.76 Å². The molecule has 3 rings (SSSR count). The van der Waals surface area contributed by atoms with Crippen molar-refractivity contribution in [1.29, 1.82) is 0 Å². The van der Waals surface area contributed by atoms with Gasteiger partial charge in [-0.2, -0.15) is 0 Å². The lowest BCUT2D eigenvalue weighted by Gasteiger charge is -2.48. The minimum absolute atomic E-state index is 0.270. The molecule has 2 fully saturated rings. The van der Waals surface area contributed by atoms with E-state index < -0.39 is 5.60 Å². The van der Waals surface area contributed by atoms with Gasteiger partial charge >= 0.3 is 0 Å². The van der Waals surface area contributed by atoms with Crippen LogP contribution >= 0.6 is 0 Å². The number of piperidine rings is 1. The zero-order valence-electron chi connectivity index (χ0n) is 14.6. The number of aromatic nitrogens is 1. The summed E-state index contributed by atoms with van der Waals surface area (Å²) in [5, 5.41) is 15.3. The quantitative estimate of drug-likeness (QED) is 0.924. The molecule has 1 aromatic rings. The first-order valence-electron chi connectivity index (χ1n) is 8.97. The zero-order chi connectivity index (χ0) is 16.4. The largest absolute Gasteiger partial charge is 0.389 e. The fourth-order valence-corrected chi connectivity index (χ4v) is 4.06. The molecule has 2 aliphatic rings. The smallest absolute Gasteiger partial charge is 0.150 e. The summed E-state index contributed by atoms with van der Waals surface area (Å²) in [6.07, 6.45) is 2.81. The Hall–Kier alpha value is -0.910. The van der Waals surface area contributed by atoms with E-state index in [1.54, 1.807) is 0 Å². The van der Waals surface area contributed by atoms with Gasteiger partial charge in [-0.05, 0) is 37.0 Å². The van der Waals surface area contributed by atoms with Crippen molar-refractivity contribution in [2.75, 3.05) is 26.3 Å². The Morgan fingerprint density at radius 1 is 1.39 bits per heavy atom. The van der Waals surface area contributed by atoms with E-state index in [0.717, 1.165) is 63.6 Å². The molecular weight excluding hydrogens is 292 g/mol. The van der Waals surface area contributed by atoms with E-state index in [2.05, 4.69) is 36.9 Å². The van der Waals surface area contributed by atoms with E-state index in [4.69, 9.17) is 9.26 Å². The van der Waals surface area contributed by atoms with Crippen LogP contribution in [-0.4, -0.2) is 47.1 Å². The molecule has 1 aromatic heterocycles. The van der Waals surface area contributed by atoms with Crippen LogP contribution in [0.1, 0.15) is 57.4 Å². The van der Waals surface area contributed by atoms with Gasteiger partial charge in [-0.15, -0.1) is 0 Å². The molecule has 5 heteroatoms. The number of hydrogen-bond acceptors (Lipinski definition) is 5. The SMILES string of the molecule is CC(C)c1cc(CN2CC[C@@](O)(C3CCOCC3)[C@H](C)C2)on1. The van der Waals surface area contributed by atoms with Crippen molar-refractivity contribution in [3.8, 4) is 0 Å². The third kappa shape index (κ3) is 3.62. The first-order valence-corrected chi connectivity index (χ1v) is 8.97. The lowest BCUT2D eigenvalue weighted by Crippen LogP contribution is -2.55. The molecule has 0 spiro atoms. The van der Waals surface area contributed by atoms with Gasteiger partial charge < -0.3 is 14.4 Å². The molecule has 2 atom stereocenters. The maximum Gasteiger partial charge on any atom is 0.150 e. The minimum atomic E-state index is -0.537. The Labute approximate surface area is 139 Å². The van der Waals surface area contributed by atoms with Gasteiger partial charge in [-0.1, -0.05) is 25.9 Å². The van der Waals surface area contributed by atoms with Crippen LogP contribution < -0.4 is 0 Å². The van der Waals surface area contributed by atoms with Gasteiger partial charge in [0, 0.05) is 32.4 Å². The zero-order valence-corrected chi connectivity index (χ0v) is 14.6. The normalized spacial score (nSPS) is 30.9. The van der Waals surface area contributed by atoms with Crippen LogP contribution in [0.5, 0.6) is 0 Å². The Balaban J connectivity index is 1.59. The second-order valence-corrected chi connectivity index (χ2v) is 7.64. The average molecular weight is 322 g/mol. The highest BCUT2D eigenvalue weighted by Crippen LogP contribution is 2.39. The predicted octanol–water partition coefficient (Wildman–Crippen LogP) is 2.80. The number of hydrogen-bond donors (Lipinski definition) is 1. The third-order valence-electron chi connectivity index (χ3n) is 5.69. The van der Waals surface area contributed by atoms with Gasteiger partial charge in [0.1, 0.15) is 0 Å². The van der Waals surface area contributed by atoms with Crippen LogP contribution in [-0.2, 0) is 11.3 Å². The molecule has 23 heavy (non-hydrogen) atoms. The Morgan fingerprint density at radius 2 is 2.13 bits per heavy atom. The van der Waals surface area contributed by atoms with Crippen molar-refractivity contribution in [2.24, 2.45) is 11.8 Å². The van der Waals surface area contributed by atoms with Gasteiger partial charge in [-0.3, -0.25) is 4.90 Å². The van der Waals surface area contributed by atoms with Gasteiger partial charge in [0.05, 0.1) is 17.8 Å². The summed E-state index contributed by atoms with van der Waals surface area (Å²) in [7, 11) is 0. The second-order valence-electron chi connectivity index (χ2n) is 7.64. The molecule has 1 N–H and O–H groups in total. The molecule has 0 unspecified atom stereocenters. The summed E-state index contributed by atoms with van der Waals surface area (Å²) in [5.41, 5.74) is 0.480. The standard InChI is InChI=1S/C18H30N2O3/c1-13(2)17-10-16(23-19-17)12-20-7-6-18(21,14(3)11-20)15-4-8-22-9-5-15/h10,13-15,21H,4-9,11-12H2,1-3H3/t14-,18+/m1/s1. The molecule has 0 saturated carbocycles. The Kier molecular flexibility index (Phi) is 5.09. The number of likely N-dealkylation sites (tertiary alicyclic amines) is 1. The van der Waals surface area contributed by atoms with Crippen molar-refractivity contribution >= 4 is 0 Å². The van der Waals surface area contributed by atoms with Crippen molar-refractivity contribution < 1.29 is 14.4 Å². The fourth-order valence-electron chi connectivity index (χ4n) is 4.06. The van der Waals surface area contributed by atoms with E-state index in [-0.39, 0.29) is 5.92 Å². The van der Waals surface area contributed by atoms with Crippen molar-refractivity contribution in [1.82, 2.24) is 10.1 Å². The van der Waals surface area contributed by atoms with Crippen LogP contribution in [0.4, 0.5) is 0 Å². The maximum absolute atomic E-state index is 11.2. The van der Waals surface area contributed by atoms with E-state index in [9.17, 15) is 5.11 Å². The summed E-state index contributed by atoms with van der Waals surface area (Å²) in [6.45, 7) is 10.6. The molecule has 0 aromatic carbocycles. The van der Waals surface area contributed by atoms with Gasteiger partial charge in [0.2, 0.25) is 0 Å². The van der Waals surface area contributed by atoms with Crippen molar-refractivity contribution in [3.05, 3.63) is 17.5 Å². The third-order valence-corrected chi connectivity index (χ3v) is 5.69. The molecular formula is C18H30N2O3. The van der Waals surface area contributed by atoms with E-state index in [1.807, 2.05) is 0 Å². The molecule has 130 valence electrons. The van der Waals surface area contributed by atoms with Crippen LogP contribution in [0.15, 0.2) is 10.6 Å². The summed E-state index contributed by atoms with van der Waals surface area (Å²) in [4.78, 5) is 2.38. The summed E-state index contributed by atoms with van der Waals surface area (Å²) < 4.78 is 10.9. The monoisotopic (exact) mass is 322 g/mol. The van der Waals surface area contributed by atoms with E-state index in [1.165, 1.54) is 0 Å². The van der Waals surface area contributed by atoms with Crippen LogP contribution in [0.3, 0.4) is 0 Å².